The van der Waals surface area contributed by atoms with Gasteiger partial charge < -0.3 is 16.0 Å². The number of hydrogen-bond donors (Lipinski definition) is 3. The van der Waals surface area contributed by atoms with Gasteiger partial charge in [-0.2, -0.15) is 0 Å². The Morgan fingerprint density at radius 1 is 0.846 bits per heavy atom. The van der Waals surface area contributed by atoms with Gasteiger partial charge in [-0.05, 0) is 62.4 Å². The standard InChI is InChI=1S/C19H18ClN5O/c1-12-10-13(2)22-18(21-12)23-15-6-8-16(9-7-15)24-19(26)25-17-5-3-4-14(20)11-17/h3-11H,1-2H3,(H,21,22,23)(H2,24,25,26). The first kappa shape index (κ1) is 17.7. The number of aryl methyl sites for hydroxylation is 2. The average molecular weight is 368 g/mol. The summed E-state index contributed by atoms with van der Waals surface area (Å²) in [7, 11) is 0. The van der Waals surface area contributed by atoms with Gasteiger partial charge >= 0.3 is 6.03 Å². The summed E-state index contributed by atoms with van der Waals surface area (Å²) in [6, 6.07) is 15.8. The van der Waals surface area contributed by atoms with E-state index in [1.807, 2.05) is 32.0 Å². The first-order valence-electron chi connectivity index (χ1n) is 8.01. The lowest BCUT2D eigenvalue weighted by Gasteiger charge is -2.10. The minimum absolute atomic E-state index is 0.342. The van der Waals surface area contributed by atoms with Crippen LogP contribution < -0.4 is 16.0 Å². The molecule has 3 rings (SSSR count). The fraction of sp³-hybridized carbons (Fsp3) is 0.105. The van der Waals surface area contributed by atoms with Gasteiger partial charge in [0.25, 0.3) is 0 Å². The van der Waals surface area contributed by atoms with E-state index in [2.05, 4.69) is 25.9 Å². The Morgan fingerprint density at radius 2 is 1.46 bits per heavy atom. The lowest BCUT2D eigenvalue weighted by atomic mass is 10.3. The zero-order valence-corrected chi connectivity index (χ0v) is 15.1. The normalized spacial score (nSPS) is 10.3. The maximum atomic E-state index is 12.0. The van der Waals surface area contributed by atoms with E-state index in [4.69, 9.17) is 11.6 Å². The molecule has 0 atom stereocenters. The SMILES string of the molecule is Cc1cc(C)nc(Nc2ccc(NC(=O)Nc3cccc(Cl)c3)cc2)n1. The minimum atomic E-state index is -0.342. The molecule has 0 spiro atoms. The van der Waals surface area contributed by atoms with Crippen molar-refractivity contribution in [3.8, 4) is 0 Å². The number of nitrogens with zero attached hydrogens (tertiary/aromatic N) is 2. The quantitative estimate of drug-likeness (QED) is 0.597. The number of rotatable bonds is 4. The summed E-state index contributed by atoms with van der Waals surface area (Å²) in [5.74, 6) is 0.543. The van der Waals surface area contributed by atoms with Crippen molar-refractivity contribution in [3.63, 3.8) is 0 Å². The molecule has 7 heteroatoms. The Morgan fingerprint density at radius 3 is 2.12 bits per heavy atom. The number of carbonyl (C=O) groups is 1. The second-order valence-corrected chi connectivity index (χ2v) is 6.20. The molecule has 2 aromatic carbocycles. The van der Waals surface area contributed by atoms with E-state index in [-0.39, 0.29) is 6.03 Å². The zero-order valence-electron chi connectivity index (χ0n) is 14.4. The van der Waals surface area contributed by atoms with E-state index in [1.165, 1.54) is 0 Å². The zero-order chi connectivity index (χ0) is 18.5. The number of anilines is 4. The average Bonchev–Trinajstić information content (AvgIpc) is 2.55. The maximum absolute atomic E-state index is 12.0. The van der Waals surface area contributed by atoms with Crippen LogP contribution in [0.5, 0.6) is 0 Å². The second kappa shape index (κ2) is 7.84. The molecule has 6 nitrogen and oxygen atoms in total. The van der Waals surface area contributed by atoms with Crippen molar-refractivity contribution in [3.05, 3.63) is 71.0 Å². The Hall–Kier alpha value is -3.12. The van der Waals surface area contributed by atoms with Crippen molar-refractivity contribution in [1.29, 1.82) is 0 Å². The maximum Gasteiger partial charge on any atom is 0.323 e. The third kappa shape index (κ3) is 4.94. The highest BCUT2D eigenvalue weighted by atomic mass is 35.5. The number of carbonyl (C=O) groups excluding carboxylic acids is 1. The number of benzene rings is 2. The lowest BCUT2D eigenvalue weighted by molar-refractivity contribution is 0.262. The summed E-state index contributed by atoms with van der Waals surface area (Å²) in [5, 5.41) is 9.20. The van der Waals surface area contributed by atoms with Crippen LogP contribution in [-0.4, -0.2) is 16.0 Å². The molecule has 0 fully saturated rings. The molecule has 3 aromatic rings. The molecule has 132 valence electrons. The number of aromatic nitrogens is 2. The molecule has 3 N–H and O–H groups in total. The van der Waals surface area contributed by atoms with Crippen LogP contribution in [0.2, 0.25) is 5.02 Å². The molecule has 0 unspecified atom stereocenters. The largest absolute Gasteiger partial charge is 0.324 e. The summed E-state index contributed by atoms with van der Waals surface area (Å²) in [5.41, 5.74) is 3.92. The number of amides is 2. The number of nitrogens with one attached hydrogen (secondary N) is 3. The molecule has 1 aromatic heterocycles. The van der Waals surface area contributed by atoms with Crippen LogP contribution in [0.3, 0.4) is 0 Å². The molecule has 0 aliphatic carbocycles. The van der Waals surface area contributed by atoms with Gasteiger partial charge in [-0.1, -0.05) is 17.7 Å². The Kier molecular flexibility index (Phi) is 5.34. The van der Waals surface area contributed by atoms with Gasteiger partial charge in [-0.15, -0.1) is 0 Å². The lowest BCUT2D eigenvalue weighted by Crippen LogP contribution is -2.19. The third-order valence-corrected chi connectivity index (χ3v) is 3.70. The fourth-order valence-electron chi connectivity index (χ4n) is 2.41. The van der Waals surface area contributed by atoms with Gasteiger partial charge in [0.1, 0.15) is 0 Å². The summed E-state index contributed by atoms with van der Waals surface area (Å²) in [6.07, 6.45) is 0. The predicted molar refractivity (Wildman–Crippen MR) is 105 cm³/mol. The second-order valence-electron chi connectivity index (χ2n) is 5.77. The highest BCUT2D eigenvalue weighted by Crippen LogP contribution is 2.18. The van der Waals surface area contributed by atoms with Crippen LogP contribution in [-0.2, 0) is 0 Å². The molecule has 2 amide bonds. The summed E-state index contributed by atoms with van der Waals surface area (Å²) >= 11 is 5.90. The van der Waals surface area contributed by atoms with Crippen LogP contribution in [0.15, 0.2) is 54.6 Å². The van der Waals surface area contributed by atoms with Gasteiger partial charge in [-0.3, -0.25) is 0 Å². The molecule has 0 saturated heterocycles. The minimum Gasteiger partial charge on any atom is -0.324 e. The smallest absolute Gasteiger partial charge is 0.323 e. The van der Waals surface area contributed by atoms with Crippen molar-refractivity contribution < 1.29 is 4.79 Å². The van der Waals surface area contributed by atoms with Crippen LogP contribution in [0.25, 0.3) is 0 Å². The highest BCUT2D eigenvalue weighted by molar-refractivity contribution is 6.30. The van der Waals surface area contributed by atoms with Gasteiger partial charge in [-0.25, -0.2) is 14.8 Å². The molecule has 0 radical (unpaired) electrons. The van der Waals surface area contributed by atoms with Crippen molar-refractivity contribution >= 4 is 40.6 Å². The highest BCUT2D eigenvalue weighted by Gasteiger charge is 2.04. The molecule has 0 aliphatic rings. The van der Waals surface area contributed by atoms with Crippen molar-refractivity contribution in [2.45, 2.75) is 13.8 Å². The molecule has 1 heterocycles. The molecule has 0 bridgehead atoms. The van der Waals surface area contributed by atoms with E-state index in [0.29, 0.717) is 22.3 Å². The summed E-state index contributed by atoms with van der Waals surface area (Å²) in [4.78, 5) is 20.7. The van der Waals surface area contributed by atoms with Gasteiger partial charge in [0, 0.05) is 33.5 Å². The Balaban J connectivity index is 1.61. The molecular formula is C19H18ClN5O. The van der Waals surface area contributed by atoms with Gasteiger partial charge in [0.15, 0.2) is 0 Å². The van der Waals surface area contributed by atoms with Crippen LogP contribution >= 0.6 is 11.6 Å². The Labute approximate surface area is 156 Å². The first-order chi connectivity index (χ1) is 12.5. The van der Waals surface area contributed by atoms with Crippen LogP contribution in [0.1, 0.15) is 11.4 Å². The summed E-state index contributed by atoms with van der Waals surface area (Å²) < 4.78 is 0. The van der Waals surface area contributed by atoms with E-state index < -0.39 is 0 Å². The first-order valence-corrected chi connectivity index (χ1v) is 8.39. The van der Waals surface area contributed by atoms with E-state index in [1.54, 1.807) is 36.4 Å². The molecule has 0 aliphatic heterocycles. The van der Waals surface area contributed by atoms with E-state index in [0.717, 1.165) is 17.1 Å². The van der Waals surface area contributed by atoms with E-state index in [9.17, 15) is 4.79 Å². The van der Waals surface area contributed by atoms with Crippen LogP contribution in [0, 0.1) is 13.8 Å². The molecule has 0 saturated carbocycles. The van der Waals surface area contributed by atoms with Crippen molar-refractivity contribution in [2.75, 3.05) is 16.0 Å². The number of urea groups is 1. The predicted octanol–water partition coefficient (Wildman–Crippen LogP) is 5.13. The van der Waals surface area contributed by atoms with Gasteiger partial charge in [0.2, 0.25) is 5.95 Å². The van der Waals surface area contributed by atoms with E-state index >= 15 is 0 Å². The summed E-state index contributed by atoms with van der Waals surface area (Å²) in [6.45, 7) is 3.84. The fourth-order valence-corrected chi connectivity index (χ4v) is 2.60. The van der Waals surface area contributed by atoms with Crippen molar-refractivity contribution in [1.82, 2.24) is 9.97 Å². The van der Waals surface area contributed by atoms with Gasteiger partial charge in [0.05, 0.1) is 0 Å². The van der Waals surface area contributed by atoms with Crippen LogP contribution in [0.4, 0.5) is 27.8 Å². The molecule has 26 heavy (non-hydrogen) atoms. The Bertz CT molecular complexity index is 907. The third-order valence-electron chi connectivity index (χ3n) is 3.46. The monoisotopic (exact) mass is 367 g/mol. The van der Waals surface area contributed by atoms with Crippen molar-refractivity contribution in [2.24, 2.45) is 0 Å². The number of halogens is 1. The number of hydrogen-bond acceptors (Lipinski definition) is 4. The molecular weight excluding hydrogens is 350 g/mol. The topological polar surface area (TPSA) is 78.9 Å².